The van der Waals surface area contributed by atoms with Crippen LogP contribution in [0.2, 0.25) is 0 Å². The highest BCUT2D eigenvalue weighted by molar-refractivity contribution is 5.83. The van der Waals surface area contributed by atoms with E-state index in [9.17, 15) is 4.79 Å². The molecule has 1 unspecified atom stereocenters. The first-order valence-corrected chi connectivity index (χ1v) is 5.77. The number of rotatable bonds is 4. The van der Waals surface area contributed by atoms with E-state index in [1.54, 1.807) is 0 Å². The van der Waals surface area contributed by atoms with Crippen LogP contribution < -0.4 is 5.32 Å². The van der Waals surface area contributed by atoms with Gasteiger partial charge in [-0.15, -0.1) is 0 Å². The fourth-order valence-corrected chi connectivity index (χ4v) is 2.35. The van der Waals surface area contributed by atoms with Crippen molar-refractivity contribution in [2.45, 2.75) is 38.1 Å². The van der Waals surface area contributed by atoms with E-state index in [0.717, 1.165) is 25.4 Å². The summed E-state index contributed by atoms with van der Waals surface area (Å²) >= 11 is 0. The van der Waals surface area contributed by atoms with Crippen LogP contribution in [-0.2, 0) is 4.79 Å². The number of carbonyl (C=O) groups is 1. The van der Waals surface area contributed by atoms with Crippen LogP contribution in [0.15, 0.2) is 0 Å². The molecule has 1 heterocycles. The highest BCUT2D eigenvalue weighted by atomic mass is 16.2. The van der Waals surface area contributed by atoms with E-state index in [1.807, 2.05) is 11.9 Å². The minimum atomic E-state index is 0.0939. The summed E-state index contributed by atoms with van der Waals surface area (Å²) in [7, 11) is 1.87. The number of likely N-dealkylation sites (N-methyl/N-ethyl adjacent to an activating group) is 1. The summed E-state index contributed by atoms with van der Waals surface area (Å²) in [5.41, 5.74) is 0. The normalized spacial score (nSPS) is 28.2. The molecule has 1 saturated carbocycles. The molecule has 0 aromatic carbocycles. The number of amides is 1. The van der Waals surface area contributed by atoms with Gasteiger partial charge in [0.2, 0.25) is 5.91 Å². The molecule has 0 spiro atoms. The van der Waals surface area contributed by atoms with E-state index < -0.39 is 0 Å². The second kappa shape index (κ2) is 4.30. The number of hydrogen-bond donors (Lipinski definition) is 1. The average molecular weight is 196 g/mol. The zero-order valence-electron chi connectivity index (χ0n) is 8.96. The summed E-state index contributed by atoms with van der Waals surface area (Å²) in [6.45, 7) is 1.94. The SMILES string of the molecule is CNC1CCN(CCC2CCC2)C1=O. The molecule has 3 nitrogen and oxygen atoms in total. The monoisotopic (exact) mass is 196 g/mol. The third-order valence-corrected chi connectivity index (χ3v) is 3.68. The Bertz CT molecular complexity index is 213. The summed E-state index contributed by atoms with van der Waals surface area (Å²) < 4.78 is 0. The van der Waals surface area contributed by atoms with Gasteiger partial charge >= 0.3 is 0 Å². The third-order valence-electron chi connectivity index (χ3n) is 3.68. The summed E-state index contributed by atoms with van der Waals surface area (Å²) in [6, 6.07) is 0.0939. The lowest BCUT2D eigenvalue weighted by Crippen LogP contribution is -2.37. The first-order valence-electron chi connectivity index (χ1n) is 5.77. The molecular weight excluding hydrogens is 176 g/mol. The van der Waals surface area contributed by atoms with Crippen molar-refractivity contribution in [1.29, 1.82) is 0 Å². The van der Waals surface area contributed by atoms with E-state index in [0.29, 0.717) is 5.91 Å². The maximum Gasteiger partial charge on any atom is 0.239 e. The van der Waals surface area contributed by atoms with E-state index in [-0.39, 0.29) is 6.04 Å². The summed E-state index contributed by atoms with van der Waals surface area (Å²) in [5, 5.41) is 3.07. The van der Waals surface area contributed by atoms with Gasteiger partial charge < -0.3 is 10.2 Å². The lowest BCUT2D eigenvalue weighted by atomic mass is 9.83. The quantitative estimate of drug-likeness (QED) is 0.727. The van der Waals surface area contributed by atoms with Gasteiger partial charge in [0.25, 0.3) is 0 Å². The van der Waals surface area contributed by atoms with E-state index >= 15 is 0 Å². The van der Waals surface area contributed by atoms with Gasteiger partial charge in [-0.05, 0) is 25.8 Å². The van der Waals surface area contributed by atoms with Crippen molar-refractivity contribution in [1.82, 2.24) is 10.2 Å². The Morgan fingerprint density at radius 2 is 2.21 bits per heavy atom. The van der Waals surface area contributed by atoms with E-state index in [1.165, 1.54) is 25.7 Å². The molecular formula is C11H20N2O. The van der Waals surface area contributed by atoms with Crippen LogP contribution in [0.1, 0.15) is 32.1 Å². The van der Waals surface area contributed by atoms with Crippen molar-refractivity contribution in [3.8, 4) is 0 Å². The van der Waals surface area contributed by atoms with Crippen LogP contribution in [0.25, 0.3) is 0 Å². The molecule has 2 rings (SSSR count). The fraction of sp³-hybridized carbons (Fsp3) is 0.909. The van der Waals surface area contributed by atoms with Crippen LogP contribution in [0.3, 0.4) is 0 Å². The van der Waals surface area contributed by atoms with Gasteiger partial charge in [-0.25, -0.2) is 0 Å². The molecule has 1 aliphatic carbocycles. The summed E-state index contributed by atoms with van der Waals surface area (Å²) in [6.07, 6.45) is 6.38. The lowest BCUT2D eigenvalue weighted by Gasteiger charge is -2.27. The Morgan fingerprint density at radius 3 is 2.71 bits per heavy atom. The second-order valence-corrected chi connectivity index (χ2v) is 4.54. The largest absolute Gasteiger partial charge is 0.341 e. The molecule has 0 radical (unpaired) electrons. The molecule has 1 aliphatic heterocycles. The maximum absolute atomic E-state index is 11.7. The van der Waals surface area contributed by atoms with Crippen LogP contribution >= 0.6 is 0 Å². The first-order chi connectivity index (χ1) is 6.81. The predicted octanol–water partition coefficient (Wildman–Crippen LogP) is 0.997. The van der Waals surface area contributed by atoms with Crippen molar-refractivity contribution in [2.24, 2.45) is 5.92 Å². The molecule has 14 heavy (non-hydrogen) atoms. The average Bonchev–Trinajstić information content (AvgIpc) is 2.45. The molecule has 0 bridgehead atoms. The zero-order chi connectivity index (χ0) is 9.97. The Labute approximate surface area is 85.8 Å². The Balaban J connectivity index is 1.73. The van der Waals surface area contributed by atoms with Crippen LogP contribution in [0.5, 0.6) is 0 Å². The second-order valence-electron chi connectivity index (χ2n) is 4.54. The van der Waals surface area contributed by atoms with Crippen molar-refractivity contribution in [3.05, 3.63) is 0 Å². The summed E-state index contributed by atoms with van der Waals surface area (Å²) in [4.78, 5) is 13.7. The Morgan fingerprint density at radius 1 is 1.43 bits per heavy atom. The minimum Gasteiger partial charge on any atom is -0.341 e. The smallest absolute Gasteiger partial charge is 0.239 e. The number of nitrogens with one attached hydrogen (secondary N) is 1. The van der Waals surface area contributed by atoms with Gasteiger partial charge in [-0.2, -0.15) is 0 Å². The van der Waals surface area contributed by atoms with Gasteiger partial charge in [0.15, 0.2) is 0 Å². The van der Waals surface area contributed by atoms with Crippen molar-refractivity contribution in [2.75, 3.05) is 20.1 Å². The molecule has 0 aromatic heterocycles. The molecule has 2 fully saturated rings. The highest BCUT2D eigenvalue weighted by Crippen LogP contribution is 2.29. The number of hydrogen-bond acceptors (Lipinski definition) is 2. The van der Waals surface area contributed by atoms with Crippen LogP contribution in [-0.4, -0.2) is 37.0 Å². The maximum atomic E-state index is 11.7. The van der Waals surface area contributed by atoms with Crippen LogP contribution in [0.4, 0.5) is 0 Å². The third kappa shape index (κ3) is 1.92. The molecule has 2 aliphatic rings. The van der Waals surface area contributed by atoms with Gasteiger partial charge in [0.1, 0.15) is 0 Å². The lowest BCUT2D eigenvalue weighted by molar-refractivity contribution is -0.129. The summed E-state index contributed by atoms with van der Waals surface area (Å²) in [5.74, 6) is 1.23. The standard InChI is InChI=1S/C11H20N2O/c1-12-10-6-8-13(11(10)14)7-5-9-3-2-4-9/h9-10,12H,2-8H2,1H3. The topological polar surface area (TPSA) is 32.3 Å². The van der Waals surface area contributed by atoms with Gasteiger partial charge in [0, 0.05) is 13.1 Å². The molecule has 1 N–H and O–H groups in total. The van der Waals surface area contributed by atoms with Gasteiger partial charge in [-0.1, -0.05) is 19.3 Å². The molecule has 1 amide bonds. The molecule has 80 valence electrons. The number of nitrogens with zero attached hydrogens (tertiary/aromatic N) is 1. The molecule has 1 atom stereocenters. The number of likely N-dealkylation sites (tertiary alicyclic amines) is 1. The van der Waals surface area contributed by atoms with Crippen molar-refractivity contribution < 1.29 is 4.79 Å². The van der Waals surface area contributed by atoms with Gasteiger partial charge in [0.05, 0.1) is 6.04 Å². The first kappa shape index (κ1) is 9.97. The van der Waals surface area contributed by atoms with Crippen LogP contribution in [0, 0.1) is 5.92 Å². The highest BCUT2D eigenvalue weighted by Gasteiger charge is 2.30. The minimum absolute atomic E-state index is 0.0939. The molecule has 3 heteroatoms. The van der Waals surface area contributed by atoms with Crippen molar-refractivity contribution >= 4 is 5.91 Å². The fourth-order valence-electron chi connectivity index (χ4n) is 2.35. The Hall–Kier alpha value is -0.570. The molecule has 0 aromatic rings. The zero-order valence-corrected chi connectivity index (χ0v) is 8.96. The molecule has 1 saturated heterocycles. The predicted molar refractivity (Wildman–Crippen MR) is 56.0 cm³/mol. The Kier molecular flexibility index (Phi) is 3.06. The van der Waals surface area contributed by atoms with Crippen molar-refractivity contribution in [3.63, 3.8) is 0 Å². The van der Waals surface area contributed by atoms with Gasteiger partial charge in [-0.3, -0.25) is 4.79 Å². The van der Waals surface area contributed by atoms with E-state index in [2.05, 4.69) is 5.32 Å². The van der Waals surface area contributed by atoms with E-state index in [4.69, 9.17) is 0 Å². The number of carbonyl (C=O) groups excluding carboxylic acids is 1.